The Bertz CT molecular complexity index is 1510. The second kappa shape index (κ2) is 11.3. The van der Waals surface area contributed by atoms with Crippen molar-refractivity contribution >= 4 is 17.3 Å². The summed E-state index contributed by atoms with van der Waals surface area (Å²) in [7, 11) is 0. The van der Waals surface area contributed by atoms with Crippen LogP contribution in [-0.2, 0) is 19.4 Å². The van der Waals surface area contributed by atoms with Crippen LogP contribution >= 0.6 is 0 Å². The number of anilines is 2. The fourth-order valence-corrected chi connectivity index (χ4v) is 5.87. The maximum absolute atomic E-state index is 13.4. The third kappa shape index (κ3) is 5.94. The van der Waals surface area contributed by atoms with Crippen molar-refractivity contribution in [2.45, 2.75) is 58.5 Å². The van der Waals surface area contributed by atoms with Crippen molar-refractivity contribution in [3.63, 3.8) is 0 Å². The van der Waals surface area contributed by atoms with E-state index in [1.165, 1.54) is 12.0 Å². The number of nitrogens with two attached hydrogens (primary N) is 1. The summed E-state index contributed by atoms with van der Waals surface area (Å²) in [6.07, 6.45) is 15.1. The maximum atomic E-state index is 13.4. The average Bonchev–Trinajstić information content (AvgIpc) is 3.36. The molecule has 3 aromatic rings. The molecular formula is C32H37N7O. The molecule has 4 heterocycles. The highest BCUT2D eigenvalue weighted by Gasteiger charge is 2.21. The molecular weight excluding hydrogens is 498 g/mol. The molecule has 2 aromatic heterocycles. The first-order valence-electron chi connectivity index (χ1n) is 14.3. The lowest BCUT2D eigenvalue weighted by Gasteiger charge is -2.31. The number of aryl methyl sites for hydroxylation is 1. The van der Waals surface area contributed by atoms with E-state index < -0.39 is 0 Å². The largest absolute Gasteiger partial charge is 0.327 e. The number of hydrogen-bond acceptors (Lipinski definition) is 6. The van der Waals surface area contributed by atoms with Gasteiger partial charge in [0.05, 0.1) is 17.6 Å². The molecule has 206 valence electrons. The molecule has 2 atom stereocenters. The minimum Gasteiger partial charge on any atom is -0.327 e. The summed E-state index contributed by atoms with van der Waals surface area (Å²) < 4.78 is 1.88. The number of nitrogens with one attached hydrogen (secondary N) is 1. The smallest absolute Gasteiger partial charge is 0.274 e. The number of amides is 1. The Morgan fingerprint density at radius 2 is 2.10 bits per heavy atom. The summed E-state index contributed by atoms with van der Waals surface area (Å²) in [6, 6.07) is 10.1. The number of likely N-dealkylation sites (tertiary alicyclic amines) is 1. The number of aromatic nitrogens is 3. The summed E-state index contributed by atoms with van der Waals surface area (Å²) in [4.78, 5) is 22.3. The molecule has 0 bridgehead atoms. The molecule has 3 aliphatic rings. The van der Waals surface area contributed by atoms with Crippen LogP contribution in [0.1, 0.15) is 60.4 Å². The predicted octanol–water partition coefficient (Wildman–Crippen LogP) is 4.96. The number of allylic oxidation sites excluding steroid dienone is 2. The van der Waals surface area contributed by atoms with Crippen molar-refractivity contribution in [3.05, 3.63) is 95.0 Å². The SMILES string of the molecule is CC1=CN(c2cc(CN3CCCC(N)C3)cc(NC(=O)c3cc(-n4cc5c(n4)CCC(C)C5)ccn3)c2)C=C=C1. The van der Waals surface area contributed by atoms with E-state index in [0.717, 1.165) is 79.2 Å². The molecule has 1 aromatic carbocycles. The molecule has 0 spiro atoms. The first-order valence-corrected chi connectivity index (χ1v) is 14.3. The van der Waals surface area contributed by atoms with Crippen LogP contribution in [0.4, 0.5) is 11.4 Å². The Balaban J connectivity index is 1.25. The number of hydrogen-bond donors (Lipinski definition) is 2. The summed E-state index contributed by atoms with van der Waals surface area (Å²) in [5.41, 5.74) is 17.0. The van der Waals surface area contributed by atoms with E-state index in [4.69, 9.17) is 10.8 Å². The number of fused-ring (bicyclic) bond motifs is 1. The third-order valence-corrected chi connectivity index (χ3v) is 7.91. The van der Waals surface area contributed by atoms with Crippen molar-refractivity contribution in [1.29, 1.82) is 0 Å². The summed E-state index contributed by atoms with van der Waals surface area (Å²) in [5.74, 6) is 0.420. The quantitative estimate of drug-likeness (QED) is 0.434. The summed E-state index contributed by atoms with van der Waals surface area (Å²) in [6.45, 7) is 7.01. The zero-order chi connectivity index (χ0) is 27.6. The van der Waals surface area contributed by atoms with E-state index in [0.29, 0.717) is 11.6 Å². The zero-order valence-electron chi connectivity index (χ0n) is 23.3. The Morgan fingerprint density at radius 3 is 2.95 bits per heavy atom. The zero-order valence-corrected chi connectivity index (χ0v) is 23.3. The molecule has 0 saturated carbocycles. The van der Waals surface area contributed by atoms with Gasteiger partial charge in [-0.1, -0.05) is 6.92 Å². The van der Waals surface area contributed by atoms with E-state index in [1.54, 1.807) is 12.3 Å². The fourth-order valence-electron chi connectivity index (χ4n) is 5.87. The molecule has 6 rings (SSSR count). The van der Waals surface area contributed by atoms with Gasteiger partial charge < -0.3 is 16.0 Å². The predicted molar refractivity (Wildman–Crippen MR) is 158 cm³/mol. The molecule has 40 heavy (non-hydrogen) atoms. The van der Waals surface area contributed by atoms with Gasteiger partial charge in [-0.2, -0.15) is 5.10 Å². The molecule has 1 amide bonds. The first-order chi connectivity index (χ1) is 19.4. The van der Waals surface area contributed by atoms with Crippen LogP contribution < -0.4 is 16.0 Å². The van der Waals surface area contributed by atoms with Gasteiger partial charge in [0.2, 0.25) is 0 Å². The first kappa shape index (κ1) is 26.3. The summed E-state index contributed by atoms with van der Waals surface area (Å²) >= 11 is 0. The summed E-state index contributed by atoms with van der Waals surface area (Å²) in [5, 5.41) is 7.91. The van der Waals surface area contributed by atoms with Crippen molar-refractivity contribution in [2.75, 3.05) is 23.3 Å². The highest BCUT2D eigenvalue weighted by molar-refractivity contribution is 6.03. The molecule has 1 fully saturated rings. The van der Waals surface area contributed by atoms with E-state index in [9.17, 15) is 4.79 Å². The van der Waals surface area contributed by atoms with E-state index in [1.807, 2.05) is 47.0 Å². The molecule has 1 saturated heterocycles. The normalized spacial score (nSPS) is 20.8. The monoisotopic (exact) mass is 535 g/mol. The number of pyridine rings is 1. The Morgan fingerprint density at radius 1 is 1.20 bits per heavy atom. The third-order valence-electron chi connectivity index (χ3n) is 7.91. The minimum atomic E-state index is -0.253. The van der Waals surface area contributed by atoms with Gasteiger partial charge in [-0.25, -0.2) is 4.68 Å². The van der Waals surface area contributed by atoms with Gasteiger partial charge in [0.1, 0.15) is 5.69 Å². The van der Waals surface area contributed by atoms with Crippen LogP contribution in [0.25, 0.3) is 5.69 Å². The topological polar surface area (TPSA) is 92.3 Å². The number of benzene rings is 1. The number of carbonyl (C=O) groups is 1. The number of nitrogens with zero attached hydrogens (tertiary/aromatic N) is 5. The number of rotatable bonds is 6. The molecule has 8 nitrogen and oxygen atoms in total. The van der Waals surface area contributed by atoms with Gasteiger partial charge in [-0.3, -0.25) is 14.7 Å². The Hall–Kier alpha value is -3.97. The van der Waals surface area contributed by atoms with Gasteiger partial charge in [0.15, 0.2) is 0 Å². The van der Waals surface area contributed by atoms with Crippen LogP contribution in [0.15, 0.2) is 72.5 Å². The molecule has 2 aliphatic heterocycles. The Kier molecular flexibility index (Phi) is 7.39. The van der Waals surface area contributed by atoms with Gasteiger partial charge in [-0.05, 0) is 105 Å². The van der Waals surface area contributed by atoms with Crippen LogP contribution in [0.2, 0.25) is 0 Å². The lowest BCUT2D eigenvalue weighted by atomic mass is 9.89. The molecule has 1 aliphatic carbocycles. The maximum Gasteiger partial charge on any atom is 0.274 e. The number of carbonyl (C=O) groups excluding carboxylic acids is 1. The van der Waals surface area contributed by atoms with Crippen LogP contribution in [0.3, 0.4) is 0 Å². The van der Waals surface area contributed by atoms with Crippen molar-refractivity contribution in [2.24, 2.45) is 11.7 Å². The van der Waals surface area contributed by atoms with Gasteiger partial charge in [0.25, 0.3) is 5.91 Å². The lowest BCUT2D eigenvalue weighted by molar-refractivity contribution is 0.102. The van der Waals surface area contributed by atoms with Gasteiger partial charge in [-0.15, -0.1) is 5.73 Å². The fraction of sp³-hybridized carbons (Fsp3) is 0.375. The highest BCUT2D eigenvalue weighted by Crippen LogP contribution is 2.28. The van der Waals surface area contributed by atoms with Crippen molar-refractivity contribution in [1.82, 2.24) is 19.7 Å². The molecule has 8 heteroatoms. The van der Waals surface area contributed by atoms with Crippen LogP contribution in [0.5, 0.6) is 0 Å². The van der Waals surface area contributed by atoms with Crippen molar-refractivity contribution < 1.29 is 4.79 Å². The minimum absolute atomic E-state index is 0.207. The van der Waals surface area contributed by atoms with Crippen LogP contribution in [0, 0.1) is 5.92 Å². The lowest BCUT2D eigenvalue weighted by Crippen LogP contribution is -2.42. The second-order valence-corrected chi connectivity index (χ2v) is 11.5. The van der Waals surface area contributed by atoms with Gasteiger partial charge in [0, 0.05) is 49.1 Å². The average molecular weight is 536 g/mol. The standard InChI is InChI=1S/C32H37N7O/c1-22-7-8-30-25(13-22)20-39(36-30)28-9-10-34-31(17-28)32(40)35-27-14-24(19-37-11-4-6-26(33)21-37)15-29(16-27)38-12-3-5-23(2)18-38/h5,9-10,12,14-18,20,22,26H,4,6-8,11,13,19,21,33H2,1-2H3,(H,35,40). The van der Waals surface area contributed by atoms with E-state index >= 15 is 0 Å². The molecule has 2 unspecified atom stereocenters. The van der Waals surface area contributed by atoms with Gasteiger partial charge >= 0.3 is 0 Å². The molecule has 3 N–H and O–H groups in total. The van der Waals surface area contributed by atoms with Crippen LogP contribution in [-0.4, -0.2) is 44.7 Å². The van der Waals surface area contributed by atoms with E-state index in [-0.39, 0.29) is 11.9 Å². The van der Waals surface area contributed by atoms with Crippen molar-refractivity contribution in [3.8, 4) is 5.69 Å². The molecule has 0 radical (unpaired) electrons. The highest BCUT2D eigenvalue weighted by atomic mass is 16.1. The Labute approximate surface area is 235 Å². The number of piperidine rings is 1. The second-order valence-electron chi connectivity index (χ2n) is 11.5. The van der Waals surface area contributed by atoms with E-state index in [2.05, 4.69) is 46.3 Å².